The number of alkyl halides is 3. The van der Waals surface area contributed by atoms with Crippen LogP contribution >= 0.6 is 23.2 Å². The van der Waals surface area contributed by atoms with E-state index < -0.39 is 44.3 Å². The zero-order valence-electron chi connectivity index (χ0n) is 15.1. The molecule has 1 aromatic carbocycles. The highest BCUT2D eigenvalue weighted by Gasteiger charge is 2.33. The zero-order chi connectivity index (χ0) is 22.1. The first-order valence-electron chi connectivity index (χ1n) is 7.90. The van der Waals surface area contributed by atoms with Crippen LogP contribution in [0, 0.1) is 0 Å². The van der Waals surface area contributed by atoms with Crippen molar-refractivity contribution in [2.45, 2.75) is 24.4 Å². The number of nitrogens with two attached hydrogens (primary N) is 1. The molecule has 0 aliphatic rings. The molecule has 2 aromatic rings. The van der Waals surface area contributed by atoms with E-state index in [9.17, 15) is 27.0 Å². The molecule has 1 aromatic heterocycles. The first kappa shape index (κ1) is 23.2. The third-order valence-electron chi connectivity index (χ3n) is 3.68. The van der Waals surface area contributed by atoms with Gasteiger partial charge >= 0.3 is 6.18 Å². The molecule has 158 valence electrons. The summed E-state index contributed by atoms with van der Waals surface area (Å²) in [4.78, 5) is 23.0. The molecule has 0 fully saturated rings. The Morgan fingerprint density at radius 3 is 2.24 bits per heavy atom. The Kier molecular flexibility index (Phi) is 6.97. The second kappa shape index (κ2) is 8.72. The molecule has 0 spiro atoms. The van der Waals surface area contributed by atoms with Gasteiger partial charge in [-0.15, -0.1) is 0 Å². The maximum atomic E-state index is 13.0. The lowest BCUT2D eigenvalue weighted by Crippen LogP contribution is -2.18. The van der Waals surface area contributed by atoms with Crippen molar-refractivity contribution in [3.05, 3.63) is 33.4 Å². The van der Waals surface area contributed by atoms with E-state index in [1.165, 1.54) is 13.2 Å². The lowest BCUT2D eigenvalue weighted by Gasteiger charge is -2.15. The number of nitrogens with zero attached hydrogens (tertiary/aromatic N) is 2. The van der Waals surface area contributed by atoms with Crippen molar-refractivity contribution in [2.24, 2.45) is 5.73 Å². The molecule has 1 atom stereocenters. The molecule has 1 amide bonds. The van der Waals surface area contributed by atoms with Gasteiger partial charge in [0, 0.05) is 26.1 Å². The zero-order valence-corrected chi connectivity index (χ0v) is 17.4. The number of Topliss-reactive ketones (excluding diaryl/α,β-unsaturated/α-hetero) is 1. The number of halogens is 5. The fourth-order valence-corrected chi connectivity index (χ4v) is 3.99. The minimum atomic E-state index is -4.68. The van der Waals surface area contributed by atoms with Crippen LogP contribution in [0.1, 0.15) is 29.4 Å². The molecule has 0 bridgehead atoms. The van der Waals surface area contributed by atoms with Crippen molar-refractivity contribution >= 4 is 51.5 Å². The van der Waals surface area contributed by atoms with Crippen LogP contribution in [-0.4, -0.2) is 38.5 Å². The Morgan fingerprint density at radius 1 is 1.28 bits per heavy atom. The number of hydrogen-bond acceptors (Lipinski definition) is 5. The SMILES string of the molecule is CC(=O)c1nn(-c2c(Cl)cc(C(F)(F)F)cc2Cl)c(NCCC(N)=O)c1S(C)=O. The number of nitrogens with one attached hydrogen (secondary N) is 1. The van der Waals surface area contributed by atoms with Crippen LogP contribution in [0.3, 0.4) is 0 Å². The van der Waals surface area contributed by atoms with Crippen molar-refractivity contribution in [2.75, 3.05) is 18.1 Å². The van der Waals surface area contributed by atoms with Crippen LogP contribution in [0.25, 0.3) is 5.69 Å². The number of hydrogen-bond donors (Lipinski definition) is 2. The van der Waals surface area contributed by atoms with Crippen molar-refractivity contribution in [1.82, 2.24) is 9.78 Å². The number of carbonyl (C=O) groups is 2. The summed E-state index contributed by atoms with van der Waals surface area (Å²) < 4.78 is 52.3. The summed E-state index contributed by atoms with van der Waals surface area (Å²) in [5.74, 6) is -1.16. The molecule has 1 unspecified atom stereocenters. The van der Waals surface area contributed by atoms with Crippen LogP contribution in [0.5, 0.6) is 0 Å². The Bertz CT molecular complexity index is 985. The van der Waals surface area contributed by atoms with E-state index in [1.807, 2.05) is 0 Å². The van der Waals surface area contributed by atoms with Crippen LogP contribution < -0.4 is 11.1 Å². The first-order valence-corrected chi connectivity index (χ1v) is 10.2. The maximum Gasteiger partial charge on any atom is 0.416 e. The van der Waals surface area contributed by atoms with Gasteiger partial charge in [-0.05, 0) is 12.1 Å². The Morgan fingerprint density at radius 2 is 1.83 bits per heavy atom. The van der Waals surface area contributed by atoms with Crippen molar-refractivity contribution in [3.63, 3.8) is 0 Å². The fourth-order valence-electron chi connectivity index (χ4n) is 2.46. The molecule has 13 heteroatoms. The number of carbonyl (C=O) groups excluding carboxylic acids is 2. The van der Waals surface area contributed by atoms with Gasteiger partial charge in [0.05, 0.1) is 26.4 Å². The number of aromatic nitrogens is 2. The molecule has 0 aliphatic heterocycles. The van der Waals surface area contributed by atoms with Gasteiger partial charge in [0.2, 0.25) is 5.91 Å². The molecule has 0 saturated heterocycles. The summed E-state index contributed by atoms with van der Waals surface area (Å²) in [5.41, 5.74) is 3.69. The number of amides is 1. The van der Waals surface area contributed by atoms with E-state index in [0.717, 1.165) is 4.68 Å². The summed E-state index contributed by atoms with van der Waals surface area (Å²) in [6.07, 6.45) is -3.49. The van der Waals surface area contributed by atoms with Crippen LogP contribution in [0.4, 0.5) is 19.0 Å². The van der Waals surface area contributed by atoms with Gasteiger partial charge in [0.25, 0.3) is 0 Å². The van der Waals surface area contributed by atoms with E-state index >= 15 is 0 Å². The number of rotatable bonds is 7. The molecule has 0 radical (unpaired) electrons. The second-order valence-electron chi connectivity index (χ2n) is 5.88. The standard InChI is InChI=1S/C16H15Cl2F3N4O3S/c1-7(26)12-14(29(2)28)15(23-4-3-11(22)27)25(24-12)13-9(17)5-8(6-10(13)18)16(19,20)21/h5-6,23H,3-4H2,1-2H3,(H2,22,27). The van der Waals surface area contributed by atoms with Crippen molar-refractivity contribution in [3.8, 4) is 5.69 Å². The minimum Gasteiger partial charge on any atom is -0.370 e. The Hall–Kier alpha value is -2.11. The Balaban J connectivity index is 2.74. The van der Waals surface area contributed by atoms with E-state index in [0.29, 0.717) is 12.1 Å². The molecule has 2 rings (SSSR count). The number of benzene rings is 1. The van der Waals surface area contributed by atoms with E-state index in [4.69, 9.17) is 28.9 Å². The lowest BCUT2D eigenvalue weighted by atomic mass is 10.2. The third-order valence-corrected chi connectivity index (χ3v) is 5.22. The monoisotopic (exact) mass is 470 g/mol. The highest BCUT2D eigenvalue weighted by atomic mass is 35.5. The molecule has 0 saturated carbocycles. The van der Waals surface area contributed by atoms with Gasteiger partial charge in [-0.25, -0.2) is 4.68 Å². The van der Waals surface area contributed by atoms with Gasteiger partial charge in [-0.2, -0.15) is 18.3 Å². The Labute approximate surface area is 175 Å². The van der Waals surface area contributed by atoms with Gasteiger partial charge < -0.3 is 11.1 Å². The third kappa shape index (κ3) is 5.09. The summed E-state index contributed by atoms with van der Waals surface area (Å²) in [6.45, 7) is 1.17. The minimum absolute atomic E-state index is 0.000780. The summed E-state index contributed by atoms with van der Waals surface area (Å²) in [7, 11) is -1.72. The molecule has 0 aliphatic carbocycles. The second-order valence-corrected chi connectivity index (χ2v) is 8.01. The highest BCUT2D eigenvalue weighted by Crippen LogP contribution is 2.39. The first-order chi connectivity index (χ1) is 13.3. The van der Waals surface area contributed by atoms with E-state index in [-0.39, 0.29) is 35.1 Å². The van der Waals surface area contributed by atoms with Gasteiger partial charge in [-0.1, -0.05) is 23.2 Å². The largest absolute Gasteiger partial charge is 0.416 e. The molecule has 29 heavy (non-hydrogen) atoms. The van der Waals surface area contributed by atoms with Crippen molar-refractivity contribution < 1.29 is 27.0 Å². The van der Waals surface area contributed by atoms with Crippen LogP contribution in [-0.2, 0) is 21.8 Å². The fraction of sp³-hybridized carbons (Fsp3) is 0.312. The topological polar surface area (TPSA) is 107 Å². The number of anilines is 1. The predicted molar refractivity (Wildman–Crippen MR) is 103 cm³/mol. The quantitative estimate of drug-likeness (QED) is 0.602. The number of primary amides is 1. The average molecular weight is 471 g/mol. The normalized spacial score (nSPS) is 12.7. The smallest absolute Gasteiger partial charge is 0.370 e. The molecule has 7 nitrogen and oxygen atoms in total. The molecule has 1 heterocycles. The van der Waals surface area contributed by atoms with Crippen molar-refractivity contribution in [1.29, 1.82) is 0 Å². The predicted octanol–water partition coefficient (Wildman–Crippen LogP) is 3.43. The lowest BCUT2D eigenvalue weighted by molar-refractivity contribution is -0.137. The molecule has 3 N–H and O–H groups in total. The van der Waals surface area contributed by atoms with Crippen LogP contribution in [0.15, 0.2) is 17.0 Å². The molecular formula is C16H15Cl2F3N4O3S. The maximum absolute atomic E-state index is 13.0. The summed E-state index contributed by atoms with van der Waals surface area (Å²) in [5, 5.41) is 6.05. The average Bonchev–Trinajstić information content (AvgIpc) is 2.93. The number of ketones is 1. The van der Waals surface area contributed by atoms with Gasteiger partial charge in [0.1, 0.15) is 22.1 Å². The molecular weight excluding hydrogens is 456 g/mol. The van der Waals surface area contributed by atoms with E-state index in [2.05, 4.69) is 10.4 Å². The van der Waals surface area contributed by atoms with Gasteiger partial charge in [0.15, 0.2) is 5.78 Å². The van der Waals surface area contributed by atoms with Gasteiger partial charge in [-0.3, -0.25) is 13.8 Å². The highest BCUT2D eigenvalue weighted by molar-refractivity contribution is 7.84. The van der Waals surface area contributed by atoms with Crippen LogP contribution in [0.2, 0.25) is 10.0 Å². The summed E-state index contributed by atoms with van der Waals surface area (Å²) in [6, 6.07) is 1.32. The summed E-state index contributed by atoms with van der Waals surface area (Å²) >= 11 is 12.1. The van der Waals surface area contributed by atoms with E-state index in [1.54, 1.807) is 0 Å².